The molecule has 0 aliphatic rings. The topological polar surface area (TPSA) is 73.9 Å². The highest BCUT2D eigenvalue weighted by atomic mass is 16.5. The molecular formula is C19H12N2O2. The molecule has 0 bridgehead atoms. The molecule has 2 rings (SSSR count). The van der Waals surface area contributed by atoms with Crippen molar-refractivity contribution in [1.82, 2.24) is 0 Å². The Hall–Kier alpha value is -3.63. The van der Waals surface area contributed by atoms with Gasteiger partial charge in [-0.1, -0.05) is 49.0 Å². The van der Waals surface area contributed by atoms with Gasteiger partial charge in [0, 0.05) is 11.6 Å². The zero-order valence-electron chi connectivity index (χ0n) is 12.2. The van der Waals surface area contributed by atoms with Crippen molar-refractivity contribution in [3.8, 4) is 29.0 Å². The molecule has 4 heteroatoms. The Kier molecular flexibility index (Phi) is 5.07. The summed E-state index contributed by atoms with van der Waals surface area (Å²) < 4.78 is 5.29. The van der Waals surface area contributed by atoms with Gasteiger partial charge in [-0.25, -0.2) is 4.79 Å². The van der Waals surface area contributed by atoms with Crippen LogP contribution in [0.5, 0.6) is 5.75 Å². The van der Waals surface area contributed by atoms with Gasteiger partial charge in [-0.3, -0.25) is 0 Å². The van der Waals surface area contributed by atoms with Crippen LogP contribution in [0.2, 0.25) is 0 Å². The lowest BCUT2D eigenvalue weighted by atomic mass is 10.0. The molecule has 23 heavy (non-hydrogen) atoms. The minimum Gasteiger partial charge on any atom is -0.423 e. The van der Waals surface area contributed by atoms with Gasteiger partial charge in [-0.05, 0) is 23.3 Å². The number of nitriles is 2. The highest BCUT2D eigenvalue weighted by molar-refractivity contribution is 5.86. The predicted molar refractivity (Wildman–Crippen MR) is 86.9 cm³/mol. The van der Waals surface area contributed by atoms with Crippen LogP contribution in [0.15, 0.2) is 66.8 Å². The summed E-state index contributed by atoms with van der Waals surface area (Å²) in [5.74, 6) is -0.241. The molecule has 0 spiro atoms. The van der Waals surface area contributed by atoms with Gasteiger partial charge in [0.05, 0.1) is 0 Å². The molecule has 0 N–H and O–H groups in total. The molecule has 0 amide bonds. The van der Waals surface area contributed by atoms with E-state index in [1.54, 1.807) is 30.3 Å². The summed E-state index contributed by atoms with van der Waals surface area (Å²) in [4.78, 5) is 11.6. The number of benzene rings is 2. The number of hydrogen-bond acceptors (Lipinski definition) is 4. The quantitative estimate of drug-likeness (QED) is 0.372. The van der Waals surface area contributed by atoms with Gasteiger partial charge in [0.25, 0.3) is 0 Å². The second kappa shape index (κ2) is 7.40. The molecule has 0 saturated carbocycles. The zero-order valence-corrected chi connectivity index (χ0v) is 12.2. The van der Waals surface area contributed by atoms with Crippen LogP contribution in [-0.4, -0.2) is 5.97 Å². The van der Waals surface area contributed by atoms with Crippen LogP contribution in [-0.2, 0) is 4.79 Å². The molecule has 2 aromatic rings. The molecule has 0 atom stereocenters. The first-order valence-corrected chi connectivity index (χ1v) is 6.73. The first-order chi connectivity index (χ1) is 11.2. The van der Waals surface area contributed by atoms with E-state index in [9.17, 15) is 4.79 Å². The molecule has 0 aliphatic carbocycles. The van der Waals surface area contributed by atoms with Crippen molar-refractivity contribution in [1.29, 1.82) is 10.5 Å². The minimum atomic E-state index is -0.580. The summed E-state index contributed by atoms with van der Waals surface area (Å²) in [5, 5.41) is 17.7. The van der Waals surface area contributed by atoms with Crippen LogP contribution < -0.4 is 4.74 Å². The van der Waals surface area contributed by atoms with Crippen molar-refractivity contribution < 1.29 is 9.53 Å². The average molecular weight is 300 g/mol. The van der Waals surface area contributed by atoms with Gasteiger partial charge in [0.1, 0.15) is 23.5 Å². The lowest BCUT2D eigenvalue weighted by Crippen LogP contribution is -2.04. The molecular weight excluding hydrogens is 288 g/mol. The average Bonchev–Trinajstić information content (AvgIpc) is 2.60. The van der Waals surface area contributed by atoms with E-state index in [2.05, 4.69) is 6.58 Å². The van der Waals surface area contributed by atoms with Gasteiger partial charge in [-0.15, -0.1) is 0 Å². The molecule has 110 valence electrons. The SMILES string of the molecule is C=CC(=O)Oc1cc(C=C(C#N)C#N)ccc1-c1ccccc1. The Balaban J connectivity index is 2.54. The maximum atomic E-state index is 11.6. The van der Waals surface area contributed by atoms with E-state index < -0.39 is 5.97 Å². The molecule has 4 nitrogen and oxygen atoms in total. The van der Waals surface area contributed by atoms with E-state index in [1.165, 1.54) is 6.08 Å². The van der Waals surface area contributed by atoms with E-state index in [0.717, 1.165) is 17.2 Å². The maximum absolute atomic E-state index is 11.6. The minimum absolute atomic E-state index is 0.0292. The van der Waals surface area contributed by atoms with Crippen molar-refractivity contribution in [2.45, 2.75) is 0 Å². The predicted octanol–water partition coefficient (Wildman–Crippen LogP) is 3.88. The maximum Gasteiger partial charge on any atom is 0.335 e. The molecule has 0 unspecified atom stereocenters. The van der Waals surface area contributed by atoms with Gasteiger partial charge >= 0.3 is 5.97 Å². The molecule has 0 fully saturated rings. The number of carbonyl (C=O) groups is 1. The van der Waals surface area contributed by atoms with Gasteiger partial charge in [0.2, 0.25) is 0 Å². The number of hydrogen-bond donors (Lipinski definition) is 0. The van der Waals surface area contributed by atoms with Crippen LogP contribution in [0.4, 0.5) is 0 Å². The van der Waals surface area contributed by atoms with Crippen LogP contribution in [0.1, 0.15) is 5.56 Å². The highest BCUT2D eigenvalue weighted by Gasteiger charge is 2.10. The van der Waals surface area contributed by atoms with Crippen molar-refractivity contribution in [3.63, 3.8) is 0 Å². The van der Waals surface area contributed by atoms with Gasteiger partial charge < -0.3 is 4.74 Å². The lowest BCUT2D eigenvalue weighted by Gasteiger charge is -2.10. The van der Waals surface area contributed by atoms with Crippen molar-refractivity contribution in [3.05, 3.63) is 72.3 Å². The van der Waals surface area contributed by atoms with Crippen molar-refractivity contribution >= 4 is 12.0 Å². The Bertz CT molecular complexity index is 837. The molecule has 0 saturated heterocycles. The smallest absolute Gasteiger partial charge is 0.335 e. The molecule has 0 heterocycles. The van der Waals surface area contributed by atoms with Crippen molar-refractivity contribution in [2.75, 3.05) is 0 Å². The standard InChI is InChI=1S/C19H12N2O2/c1-2-19(22)23-18-11-14(10-15(12-20)13-21)8-9-17(18)16-6-4-3-5-7-16/h2-11H,1H2. The number of carbonyl (C=O) groups excluding carboxylic acids is 1. The summed E-state index contributed by atoms with van der Waals surface area (Å²) in [6.07, 6.45) is 2.51. The van der Waals surface area contributed by atoms with E-state index in [0.29, 0.717) is 11.3 Å². The van der Waals surface area contributed by atoms with Crippen molar-refractivity contribution in [2.24, 2.45) is 0 Å². The molecule has 0 radical (unpaired) electrons. The second-order valence-electron chi connectivity index (χ2n) is 4.53. The fraction of sp³-hybridized carbons (Fsp3) is 0. The van der Waals surface area contributed by atoms with Gasteiger partial charge in [-0.2, -0.15) is 10.5 Å². The monoisotopic (exact) mass is 300 g/mol. The summed E-state index contributed by atoms with van der Waals surface area (Å²) in [7, 11) is 0. The first-order valence-electron chi connectivity index (χ1n) is 6.73. The molecule has 2 aromatic carbocycles. The summed E-state index contributed by atoms with van der Waals surface area (Å²) >= 11 is 0. The summed E-state index contributed by atoms with van der Waals surface area (Å²) in [5.41, 5.74) is 2.18. The van der Waals surface area contributed by atoms with Gasteiger partial charge in [0.15, 0.2) is 0 Å². The Morgan fingerprint density at radius 3 is 2.39 bits per heavy atom. The van der Waals surface area contributed by atoms with Crippen LogP contribution >= 0.6 is 0 Å². The third kappa shape index (κ3) is 3.93. The molecule has 0 aliphatic heterocycles. The highest BCUT2D eigenvalue weighted by Crippen LogP contribution is 2.31. The number of ether oxygens (including phenoxy) is 1. The first kappa shape index (κ1) is 15.8. The summed E-state index contributed by atoms with van der Waals surface area (Å²) in [6, 6.07) is 18.2. The third-order valence-corrected chi connectivity index (χ3v) is 3.02. The Labute approximate surface area is 134 Å². The number of allylic oxidation sites excluding steroid dienone is 1. The second-order valence-corrected chi connectivity index (χ2v) is 4.53. The zero-order chi connectivity index (χ0) is 16.7. The van der Waals surface area contributed by atoms with E-state index in [-0.39, 0.29) is 5.57 Å². The molecule has 0 aromatic heterocycles. The Morgan fingerprint density at radius 1 is 1.09 bits per heavy atom. The largest absolute Gasteiger partial charge is 0.423 e. The normalized spacial score (nSPS) is 9.13. The van der Waals surface area contributed by atoms with E-state index in [4.69, 9.17) is 15.3 Å². The van der Waals surface area contributed by atoms with E-state index in [1.807, 2.05) is 30.3 Å². The fourth-order valence-electron chi connectivity index (χ4n) is 1.98. The Morgan fingerprint density at radius 2 is 1.78 bits per heavy atom. The van der Waals surface area contributed by atoms with Crippen LogP contribution in [0.25, 0.3) is 17.2 Å². The van der Waals surface area contributed by atoms with Crippen LogP contribution in [0, 0.1) is 22.7 Å². The summed E-state index contributed by atoms with van der Waals surface area (Å²) in [6.45, 7) is 3.38. The fourth-order valence-corrected chi connectivity index (χ4v) is 1.98. The van der Waals surface area contributed by atoms with E-state index >= 15 is 0 Å². The number of nitrogens with zero attached hydrogens (tertiary/aromatic N) is 2. The lowest BCUT2D eigenvalue weighted by molar-refractivity contribution is -0.128. The third-order valence-electron chi connectivity index (χ3n) is 3.02. The number of rotatable bonds is 4. The number of esters is 1. The van der Waals surface area contributed by atoms with Crippen LogP contribution in [0.3, 0.4) is 0 Å².